The minimum Gasteiger partial charge on any atom is -0.358 e. The third kappa shape index (κ3) is 3.28. The first-order chi connectivity index (χ1) is 8.49. The normalized spacial score (nSPS) is 12.0. The zero-order valence-electron chi connectivity index (χ0n) is 11.4. The van der Waals surface area contributed by atoms with Crippen molar-refractivity contribution >= 4 is 29.2 Å². The first kappa shape index (κ1) is 15.5. The molecule has 0 bridgehead atoms. The number of carbonyl (C=O) groups excluding carboxylic acids is 1. The Kier molecular flexibility index (Phi) is 4.97. The largest absolute Gasteiger partial charge is 0.358 e. The maximum Gasteiger partial charge on any atom is 0.236 e. The SMILES string of the molecule is Cc1[nH]c2ccc(CNC(=O)[C@H](C)N)cc2c1C.Cl. The zero-order chi connectivity index (χ0) is 13.3. The van der Waals surface area contributed by atoms with Crippen molar-refractivity contribution < 1.29 is 4.79 Å². The van der Waals surface area contributed by atoms with Crippen LogP contribution in [0.2, 0.25) is 0 Å². The third-order valence-corrected chi connectivity index (χ3v) is 3.25. The van der Waals surface area contributed by atoms with Gasteiger partial charge in [-0.05, 0) is 44.0 Å². The van der Waals surface area contributed by atoms with Crippen molar-refractivity contribution in [3.05, 3.63) is 35.0 Å². The van der Waals surface area contributed by atoms with Gasteiger partial charge in [0.25, 0.3) is 0 Å². The van der Waals surface area contributed by atoms with E-state index < -0.39 is 6.04 Å². The minimum absolute atomic E-state index is 0. The molecule has 2 aromatic rings. The van der Waals surface area contributed by atoms with Gasteiger partial charge in [0.2, 0.25) is 5.91 Å². The Morgan fingerprint density at radius 1 is 1.42 bits per heavy atom. The van der Waals surface area contributed by atoms with Crippen LogP contribution >= 0.6 is 12.4 Å². The highest BCUT2D eigenvalue weighted by molar-refractivity contribution is 5.86. The first-order valence-electron chi connectivity index (χ1n) is 6.10. The fourth-order valence-corrected chi connectivity index (χ4v) is 1.97. The molecule has 1 aromatic heterocycles. The number of aryl methyl sites for hydroxylation is 2. The van der Waals surface area contributed by atoms with Crippen molar-refractivity contribution in [3.8, 4) is 0 Å². The van der Waals surface area contributed by atoms with E-state index in [1.54, 1.807) is 6.92 Å². The fraction of sp³-hybridized carbons (Fsp3) is 0.357. The lowest BCUT2D eigenvalue weighted by molar-refractivity contribution is -0.122. The molecule has 1 amide bonds. The van der Waals surface area contributed by atoms with Crippen molar-refractivity contribution in [3.63, 3.8) is 0 Å². The number of hydrogen-bond donors (Lipinski definition) is 3. The number of aromatic nitrogens is 1. The Balaban J connectivity index is 0.00000180. The van der Waals surface area contributed by atoms with E-state index in [2.05, 4.69) is 30.2 Å². The van der Waals surface area contributed by atoms with Crippen LogP contribution in [0.4, 0.5) is 0 Å². The summed E-state index contributed by atoms with van der Waals surface area (Å²) in [5.74, 6) is -0.128. The van der Waals surface area contributed by atoms with Crippen molar-refractivity contribution in [2.45, 2.75) is 33.4 Å². The van der Waals surface area contributed by atoms with Gasteiger partial charge in [-0.25, -0.2) is 0 Å². The van der Waals surface area contributed by atoms with Crippen LogP contribution in [0.25, 0.3) is 10.9 Å². The summed E-state index contributed by atoms with van der Waals surface area (Å²) in [6, 6.07) is 5.70. The average molecular weight is 282 g/mol. The second-order valence-electron chi connectivity index (χ2n) is 4.76. The van der Waals surface area contributed by atoms with Gasteiger partial charge in [-0.3, -0.25) is 4.79 Å². The summed E-state index contributed by atoms with van der Waals surface area (Å²) < 4.78 is 0. The van der Waals surface area contributed by atoms with Crippen LogP contribution < -0.4 is 11.1 Å². The highest BCUT2D eigenvalue weighted by Crippen LogP contribution is 2.22. The Labute approximate surface area is 119 Å². The van der Waals surface area contributed by atoms with E-state index in [1.165, 1.54) is 16.6 Å². The number of halogens is 1. The smallest absolute Gasteiger partial charge is 0.236 e. The number of fused-ring (bicyclic) bond motifs is 1. The average Bonchev–Trinajstić information content (AvgIpc) is 2.62. The van der Waals surface area contributed by atoms with Crippen molar-refractivity contribution in [1.82, 2.24) is 10.3 Å². The van der Waals surface area contributed by atoms with E-state index in [9.17, 15) is 4.79 Å². The van der Waals surface area contributed by atoms with Crippen LogP contribution in [0, 0.1) is 13.8 Å². The van der Waals surface area contributed by atoms with E-state index in [1.807, 2.05) is 12.1 Å². The van der Waals surface area contributed by atoms with E-state index >= 15 is 0 Å². The first-order valence-corrected chi connectivity index (χ1v) is 6.10. The van der Waals surface area contributed by atoms with E-state index in [-0.39, 0.29) is 18.3 Å². The van der Waals surface area contributed by atoms with Crippen LogP contribution in [-0.4, -0.2) is 16.9 Å². The molecule has 0 unspecified atom stereocenters. The molecular weight excluding hydrogens is 262 g/mol. The van der Waals surface area contributed by atoms with E-state index in [0.29, 0.717) is 6.54 Å². The Bertz CT molecular complexity index is 590. The van der Waals surface area contributed by atoms with Crippen molar-refractivity contribution in [1.29, 1.82) is 0 Å². The standard InChI is InChI=1S/C14H19N3O.ClH/c1-8-10(3)17-13-5-4-11(6-12(8)13)7-16-14(18)9(2)15;/h4-6,9,17H,7,15H2,1-3H3,(H,16,18);1H/t9-;/m0./s1. The molecular formula is C14H20ClN3O. The Morgan fingerprint density at radius 3 is 2.74 bits per heavy atom. The van der Waals surface area contributed by atoms with Crippen molar-refractivity contribution in [2.24, 2.45) is 5.73 Å². The molecule has 0 saturated heterocycles. The number of aromatic amines is 1. The van der Waals surface area contributed by atoms with Crippen LogP contribution in [0.3, 0.4) is 0 Å². The molecule has 2 rings (SSSR count). The number of nitrogens with one attached hydrogen (secondary N) is 2. The lowest BCUT2D eigenvalue weighted by Gasteiger charge is -2.07. The molecule has 0 aliphatic heterocycles. The van der Waals surface area contributed by atoms with Gasteiger partial charge >= 0.3 is 0 Å². The number of carbonyl (C=O) groups is 1. The number of H-pyrrole nitrogens is 1. The van der Waals surface area contributed by atoms with Gasteiger partial charge in [0.15, 0.2) is 0 Å². The quantitative estimate of drug-likeness (QED) is 0.807. The molecule has 0 aliphatic carbocycles. The molecule has 1 aromatic carbocycles. The van der Waals surface area contributed by atoms with Crippen LogP contribution in [-0.2, 0) is 11.3 Å². The van der Waals surface area contributed by atoms with Crippen LogP contribution in [0.1, 0.15) is 23.7 Å². The molecule has 4 N–H and O–H groups in total. The van der Waals surface area contributed by atoms with Gasteiger partial charge in [-0.1, -0.05) is 6.07 Å². The Hall–Kier alpha value is -1.52. The number of rotatable bonds is 3. The molecule has 1 atom stereocenters. The summed E-state index contributed by atoms with van der Waals surface area (Å²) >= 11 is 0. The summed E-state index contributed by atoms with van der Waals surface area (Å²) in [5, 5.41) is 4.02. The van der Waals surface area contributed by atoms with Gasteiger partial charge in [0.05, 0.1) is 6.04 Å². The summed E-state index contributed by atoms with van der Waals surface area (Å²) in [7, 11) is 0. The molecule has 0 saturated carbocycles. The van der Waals surface area contributed by atoms with Gasteiger partial charge in [-0.15, -0.1) is 12.4 Å². The number of nitrogens with two attached hydrogens (primary N) is 1. The lowest BCUT2D eigenvalue weighted by Crippen LogP contribution is -2.37. The van der Waals surface area contributed by atoms with Gasteiger partial charge in [0.1, 0.15) is 0 Å². The number of amides is 1. The summed E-state index contributed by atoms with van der Waals surface area (Å²) in [4.78, 5) is 14.7. The monoisotopic (exact) mass is 281 g/mol. The molecule has 5 heteroatoms. The number of hydrogen-bond acceptors (Lipinski definition) is 2. The highest BCUT2D eigenvalue weighted by Gasteiger charge is 2.08. The predicted molar refractivity (Wildman–Crippen MR) is 80.5 cm³/mol. The Morgan fingerprint density at radius 2 is 2.11 bits per heavy atom. The molecule has 0 aliphatic rings. The molecule has 1 heterocycles. The van der Waals surface area contributed by atoms with Crippen molar-refractivity contribution in [2.75, 3.05) is 0 Å². The zero-order valence-corrected chi connectivity index (χ0v) is 12.2. The molecule has 0 radical (unpaired) electrons. The summed E-state index contributed by atoms with van der Waals surface area (Å²) in [6.07, 6.45) is 0. The second kappa shape index (κ2) is 6.08. The highest BCUT2D eigenvalue weighted by atomic mass is 35.5. The maximum atomic E-state index is 11.4. The second-order valence-corrected chi connectivity index (χ2v) is 4.76. The molecule has 0 spiro atoms. The van der Waals surface area contributed by atoms with Gasteiger partial charge in [0, 0.05) is 23.1 Å². The van der Waals surface area contributed by atoms with E-state index in [4.69, 9.17) is 5.73 Å². The summed E-state index contributed by atoms with van der Waals surface area (Å²) in [5.41, 5.74) is 10.2. The van der Waals surface area contributed by atoms with E-state index in [0.717, 1.165) is 11.1 Å². The van der Waals surface area contributed by atoms with Crippen LogP contribution in [0.5, 0.6) is 0 Å². The predicted octanol–water partition coefficient (Wildman–Crippen LogP) is 2.17. The number of benzene rings is 1. The van der Waals surface area contributed by atoms with Crippen LogP contribution in [0.15, 0.2) is 18.2 Å². The molecule has 19 heavy (non-hydrogen) atoms. The fourth-order valence-electron chi connectivity index (χ4n) is 1.97. The summed E-state index contributed by atoms with van der Waals surface area (Å²) in [6.45, 7) is 6.35. The minimum atomic E-state index is -0.468. The molecule has 104 valence electrons. The molecule has 4 nitrogen and oxygen atoms in total. The van der Waals surface area contributed by atoms with Gasteiger partial charge < -0.3 is 16.0 Å². The molecule has 0 fully saturated rings. The topological polar surface area (TPSA) is 70.9 Å². The lowest BCUT2D eigenvalue weighted by atomic mass is 10.1. The maximum absolute atomic E-state index is 11.4. The van der Waals surface area contributed by atoms with Gasteiger partial charge in [-0.2, -0.15) is 0 Å². The third-order valence-electron chi connectivity index (χ3n) is 3.25.